The number of hydrogen-bond acceptors (Lipinski definition) is 4. The molecule has 1 atom stereocenters. The molecule has 0 fully saturated rings. The van der Waals surface area contributed by atoms with Gasteiger partial charge < -0.3 is 8.98 Å². The molecule has 5 rings (SSSR count). The van der Waals surface area contributed by atoms with Crippen LogP contribution in [0.4, 0.5) is 4.39 Å². The standard InChI is InChI=1S/C26H23FN4O2/c1-15-7-5-6-8-22(15)31-23(25-29-28-17(3)33-25)13-20-21(14-30(4)26(32)24(20)31)16(2)18-9-11-19(27)12-10-18/h5-14,16H,1-4H3. The number of nitrogens with zero attached hydrogens (tertiary/aromatic N) is 4. The van der Waals surface area contributed by atoms with E-state index in [-0.39, 0.29) is 17.3 Å². The predicted octanol–water partition coefficient (Wildman–Crippen LogP) is 5.29. The zero-order valence-electron chi connectivity index (χ0n) is 18.8. The van der Waals surface area contributed by atoms with Gasteiger partial charge in [-0.2, -0.15) is 0 Å². The van der Waals surface area contributed by atoms with Crippen molar-refractivity contribution in [3.63, 3.8) is 0 Å². The monoisotopic (exact) mass is 442 g/mol. The molecule has 1 unspecified atom stereocenters. The van der Waals surface area contributed by atoms with E-state index in [1.165, 1.54) is 12.1 Å². The Balaban J connectivity index is 1.87. The van der Waals surface area contributed by atoms with Crippen molar-refractivity contribution in [3.8, 4) is 17.3 Å². The fourth-order valence-electron chi connectivity index (χ4n) is 4.34. The Morgan fingerprint density at radius 3 is 2.42 bits per heavy atom. The van der Waals surface area contributed by atoms with Crippen LogP contribution in [0, 0.1) is 19.7 Å². The van der Waals surface area contributed by atoms with E-state index in [0.717, 1.165) is 27.8 Å². The predicted molar refractivity (Wildman–Crippen MR) is 125 cm³/mol. The van der Waals surface area contributed by atoms with Gasteiger partial charge in [0.1, 0.15) is 17.0 Å². The van der Waals surface area contributed by atoms with Crippen LogP contribution in [0.2, 0.25) is 0 Å². The first-order chi connectivity index (χ1) is 15.8. The summed E-state index contributed by atoms with van der Waals surface area (Å²) in [4.78, 5) is 13.5. The molecule has 0 aliphatic rings. The van der Waals surface area contributed by atoms with E-state index in [1.807, 2.05) is 54.9 Å². The van der Waals surface area contributed by atoms with E-state index in [0.29, 0.717) is 23.0 Å². The first-order valence-electron chi connectivity index (χ1n) is 10.7. The van der Waals surface area contributed by atoms with Crippen molar-refractivity contribution < 1.29 is 8.81 Å². The molecule has 6 nitrogen and oxygen atoms in total. The molecule has 0 aliphatic heterocycles. The maximum atomic E-state index is 13.5. The molecule has 0 saturated carbocycles. The van der Waals surface area contributed by atoms with Crippen LogP contribution in [-0.4, -0.2) is 19.3 Å². The van der Waals surface area contributed by atoms with E-state index in [4.69, 9.17) is 4.42 Å². The van der Waals surface area contributed by atoms with Crippen LogP contribution in [-0.2, 0) is 7.05 Å². The molecule has 0 aliphatic carbocycles. The first kappa shape index (κ1) is 20.9. The molecular formula is C26H23FN4O2. The number of hydrogen-bond donors (Lipinski definition) is 0. The average molecular weight is 442 g/mol. The number of pyridine rings is 1. The molecule has 0 amide bonds. The van der Waals surface area contributed by atoms with Crippen molar-refractivity contribution in [3.05, 3.63) is 99.5 Å². The Morgan fingerprint density at radius 2 is 1.76 bits per heavy atom. The summed E-state index contributed by atoms with van der Waals surface area (Å²) in [6, 6.07) is 16.3. The maximum absolute atomic E-state index is 13.5. The number of rotatable bonds is 4. The number of aryl methyl sites for hydroxylation is 3. The van der Waals surface area contributed by atoms with Crippen molar-refractivity contribution in [2.45, 2.75) is 26.7 Å². The molecule has 166 valence electrons. The van der Waals surface area contributed by atoms with Gasteiger partial charge in [0.2, 0.25) is 5.89 Å². The highest BCUT2D eigenvalue weighted by molar-refractivity contribution is 5.90. The Labute approximate surface area is 189 Å². The largest absolute Gasteiger partial charge is 0.420 e. The SMILES string of the molecule is Cc1nnc(-c2cc3c(C(C)c4ccc(F)cc4)cn(C)c(=O)c3n2-c2ccccc2C)o1. The van der Waals surface area contributed by atoms with Crippen LogP contribution in [0.5, 0.6) is 0 Å². The van der Waals surface area contributed by atoms with E-state index >= 15 is 0 Å². The fourth-order valence-corrected chi connectivity index (χ4v) is 4.34. The van der Waals surface area contributed by atoms with Crippen LogP contribution in [0.3, 0.4) is 0 Å². The van der Waals surface area contributed by atoms with Gasteiger partial charge in [-0.05, 0) is 47.9 Å². The van der Waals surface area contributed by atoms with Gasteiger partial charge in [-0.3, -0.25) is 9.36 Å². The second-order valence-corrected chi connectivity index (χ2v) is 8.31. The molecule has 3 aromatic heterocycles. The Hall–Kier alpha value is -4.00. The summed E-state index contributed by atoms with van der Waals surface area (Å²) in [6.45, 7) is 5.78. The highest BCUT2D eigenvalue weighted by atomic mass is 19.1. The van der Waals surface area contributed by atoms with Crippen LogP contribution >= 0.6 is 0 Å². The third-order valence-corrected chi connectivity index (χ3v) is 6.11. The maximum Gasteiger partial charge on any atom is 0.275 e. The third kappa shape index (κ3) is 3.46. The lowest BCUT2D eigenvalue weighted by Crippen LogP contribution is -2.20. The van der Waals surface area contributed by atoms with Gasteiger partial charge in [-0.15, -0.1) is 10.2 Å². The summed E-state index contributed by atoms with van der Waals surface area (Å²) in [5, 5.41) is 9.02. The topological polar surface area (TPSA) is 65.8 Å². The third-order valence-electron chi connectivity index (χ3n) is 6.11. The molecule has 3 heterocycles. The van der Waals surface area contributed by atoms with Crippen LogP contribution in [0.25, 0.3) is 28.2 Å². The second kappa shape index (κ2) is 7.85. The van der Waals surface area contributed by atoms with Crippen molar-refractivity contribution in [1.29, 1.82) is 0 Å². The van der Waals surface area contributed by atoms with Gasteiger partial charge in [-0.25, -0.2) is 4.39 Å². The molecule has 5 aromatic rings. The summed E-state index contributed by atoms with van der Waals surface area (Å²) >= 11 is 0. The summed E-state index contributed by atoms with van der Waals surface area (Å²) in [5.74, 6) is 0.426. The van der Waals surface area contributed by atoms with Gasteiger partial charge in [0.15, 0.2) is 0 Å². The number of benzene rings is 2. The second-order valence-electron chi connectivity index (χ2n) is 8.31. The lowest BCUT2D eigenvalue weighted by molar-refractivity contribution is 0.530. The smallest absolute Gasteiger partial charge is 0.275 e. The Bertz CT molecular complexity index is 1540. The van der Waals surface area contributed by atoms with Gasteiger partial charge in [-0.1, -0.05) is 37.3 Å². The minimum atomic E-state index is -0.281. The average Bonchev–Trinajstić information content (AvgIpc) is 3.40. The molecule has 33 heavy (non-hydrogen) atoms. The Kier molecular flexibility index (Phi) is 4.96. The molecule has 0 spiro atoms. The van der Waals surface area contributed by atoms with Gasteiger partial charge in [0.25, 0.3) is 11.4 Å². The molecule has 0 saturated heterocycles. The summed E-state index contributed by atoms with van der Waals surface area (Å²) in [7, 11) is 1.74. The van der Waals surface area contributed by atoms with E-state index in [2.05, 4.69) is 10.2 Å². The van der Waals surface area contributed by atoms with Crippen molar-refractivity contribution >= 4 is 10.9 Å². The number of halogens is 1. The van der Waals surface area contributed by atoms with Gasteiger partial charge in [0.05, 0.1) is 0 Å². The molecular weight excluding hydrogens is 419 g/mol. The first-order valence-corrected chi connectivity index (χ1v) is 10.7. The number of para-hydroxylation sites is 1. The molecule has 0 bridgehead atoms. The van der Waals surface area contributed by atoms with Crippen molar-refractivity contribution in [2.24, 2.45) is 7.05 Å². The van der Waals surface area contributed by atoms with Crippen molar-refractivity contribution in [1.82, 2.24) is 19.3 Å². The summed E-state index contributed by atoms with van der Waals surface area (Å²) in [6.07, 6.45) is 1.85. The molecule has 2 aromatic carbocycles. The normalized spacial score (nSPS) is 12.4. The zero-order valence-corrected chi connectivity index (χ0v) is 18.8. The minimum absolute atomic E-state index is 0.0788. The number of aromatic nitrogens is 4. The minimum Gasteiger partial charge on any atom is -0.420 e. The zero-order chi connectivity index (χ0) is 23.3. The quantitative estimate of drug-likeness (QED) is 0.380. The highest BCUT2D eigenvalue weighted by Gasteiger charge is 2.24. The molecule has 0 N–H and O–H groups in total. The number of fused-ring (bicyclic) bond motifs is 1. The molecule has 7 heteroatoms. The van der Waals surface area contributed by atoms with Gasteiger partial charge >= 0.3 is 0 Å². The fraction of sp³-hybridized carbons (Fsp3) is 0.192. The highest BCUT2D eigenvalue weighted by Crippen LogP contribution is 2.36. The van der Waals surface area contributed by atoms with Crippen LogP contribution < -0.4 is 5.56 Å². The van der Waals surface area contributed by atoms with Gasteiger partial charge in [0, 0.05) is 37.2 Å². The Morgan fingerprint density at radius 1 is 1.03 bits per heavy atom. The lowest BCUT2D eigenvalue weighted by Gasteiger charge is -2.16. The van der Waals surface area contributed by atoms with Crippen molar-refractivity contribution in [2.75, 3.05) is 0 Å². The lowest BCUT2D eigenvalue weighted by atomic mass is 9.92. The summed E-state index contributed by atoms with van der Waals surface area (Å²) < 4.78 is 22.8. The van der Waals surface area contributed by atoms with E-state index in [1.54, 1.807) is 30.7 Å². The molecule has 0 radical (unpaired) electrons. The van der Waals surface area contributed by atoms with E-state index < -0.39 is 0 Å². The summed E-state index contributed by atoms with van der Waals surface area (Å²) in [5.41, 5.74) is 4.82. The van der Waals surface area contributed by atoms with Crippen LogP contribution in [0.1, 0.15) is 35.4 Å². The van der Waals surface area contributed by atoms with E-state index in [9.17, 15) is 9.18 Å². The van der Waals surface area contributed by atoms with Crippen LogP contribution in [0.15, 0.2) is 70.0 Å².